The van der Waals surface area contributed by atoms with Gasteiger partial charge in [0.1, 0.15) is 0 Å². The van der Waals surface area contributed by atoms with E-state index in [0.717, 1.165) is 49.3 Å². The molecule has 2 fully saturated rings. The average molecular weight is 391 g/mol. The lowest BCUT2D eigenvalue weighted by Gasteiger charge is -2.34. The molecule has 2 aromatic rings. The summed E-state index contributed by atoms with van der Waals surface area (Å²) in [4.78, 5) is 24.1. The van der Waals surface area contributed by atoms with Crippen LogP contribution in [-0.4, -0.2) is 60.0 Å². The Bertz CT molecular complexity index is 714. The number of rotatable bonds is 4. The number of hydrogen-bond donors (Lipinski definition) is 0. The number of carbonyl (C=O) groups is 1. The zero-order valence-electron chi connectivity index (χ0n) is 15.3. The number of thiophene rings is 1. The molecule has 140 valence electrons. The van der Waals surface area contributed by atoms with E-state index in [1.165, 1.54) is 31.6 Å². The molecule has 0 aliphatic carbocycles. The van der Waals surface area contributed by atoms with E-state index in [9.17, 15) is 4.79 Å². The van der Waals surface area contributed by atoms with Crippen molar-refractivity contribution >= 4 is 33.7 Å². The van der Waals surface area contributed by atoms with Crippen molar-refractivity contribution in [2.24, 2.45) is 5.92 Å². The molecule has 5 nitrogen and oxygen atoms in total. The monoisotopic (exact) mass is 390 g/mol. The fourth-order valence-corrected chi connectivity index (χ4v) is 5.13. The molecule has 0 unspecified atom stereocenters. The predicted octanol–water partition coefficient (Wildman–Crippen LogP) is 3.40. The molecule has 1 amide bonds. The minimum Gasteiger partial charge on any atom is -0.345 e. The highest BCUT2D eigenvalue weighted by Gasteiger charge is 2.24. The zero-order chi connectivity index (χ0) is 17.9. The van der Waals surface area contributed by atoms with Crippen LogP contribution in [0.2, 0.25) is 0 Å². The minimum atomic E-state index is 0.157. The van der Waals surface area contributed by atoms with Crippen molar-refractivity contribution in [3.05, 3.63) is 33.5 Å². The first kappa shape index (κ1) is 17.9. The van der Waals surface area contributed by atoms with Crippen molar-refractivity contribution in [2.45, 2.75) is 26.3 Å². The molecule has 2 aliphatic heterocycles. The second-order valence-corrected chi connectivity index (χ2v) is 8.99. The van der Waals surface area contributed by atoms with Crippen LogP contribution in [0.4, 0.5) is 5.13 Å². The highest BCUT2D eigenvalue weighted by atomic mass is 32.1. The zero-order valence-corrected chi connectivity index (χ0v) is 16.9. The summed E-state index contributed by atoms with van der Waals surface area (Å²) in [6.45, 7) is 8.98. The van der Waals surface area contributed by atoms with Crippen LogP contribution in [0.15, 0.2) is 22.2 Å². The molecule has 0 spiro atoms. The maximum atomic E-state index is 12.4. The second kappa shape index (κ2) is 8.06. The first-order chi connectivity index (χ1) is 12.7. The van der Waals surface area contributed by atoms with Crippen LogP contribution in [0.25, 0.3) is 0 Å². The summed E-state index contributed by atoms with van der Waals surface area (Å²) in [5.74, 6) is 1.02. The van der Waals surface area contributed by atoms with E-state index in [2.05, 4.69) is 22.1 Å². The van der Waals surface area contributed by atoms with Crippen molar-refractivity contribution < 1.29 is 4.79 Å². The van der Waals surface area contributed by atoms with E-state index in [-0.39, 0.29) is 5.91 Å². The van der Waals surface area contributed by atoms with Crippen molar-refractivity contribution in [3.63, 3.8) is 0 Å². The number of amides is 1. The number of piperazine rings is 1. The van der Waals surface area contributed by atoms with Crippen LogP contribution in [0.5, 0.6) is 0 Å². The molecule has 2 aromatic heterocycles. The molecule has 0 atom stereocenters. The Kier molecular flexibility index (Phi) is 5.57. The maximum absolute atomic E-state index is 12.4. The SMILES string of the molecule is CC1CCN(Cc2csc(N3CCN(C(=O)c4ccsc4)CC3)n2)CC1. The van der Waals surface area contributed by atoms with Gasteiger partial charge in [-0.15, -0.1) is 11.3 Å². The summed E-state index contributed by atoms with van der Waals surface area (Å²) in [5, 5.41) is 7.20. The minimum absolute atomic E-state index is 0.157. The van der Waals surface area contributed by atoms with E-state index in [0.29, 0.717) is 0 Å². The molecule has 0 bridgehead atoms. The van der Waals surface area contributed by atoms with Crippen molar-refractivity contribution in [3.8, 4) is 0 Å². The van der Waals surface area contributed by atoms with Crippen LogP contribution >= 0.6 is 22.7 Å². The van der Waals surface area contributed by atoms with Gasteiger partial charge in [-0.1, -0.05) is 6.92 Å². The van der Waals surface area contributed by atoms with Crippen LogP contribution in [0.3, 0.4) is 0 Å². The number of hydrogen-bond acceptors (Lipinski definition) is 6. The molecule has 2 saturated heterocycles. The van der Waals surface area contributed by atoms with Gasteiger partial charge in [0, 0.05) is 43.5 Å². The topological polar surface area (TPSA) is 39.7 Å². The van der Waals surface area contributed by atoms with Crippen LogP contribution in [0, 0.1) is 5.92 Å². The number of likely N-dealkylation sites (tertiary alicyclic amines) is 1. The first-order valence-corrected chi connectivity index (χ1v) is 11.2. The van der Waals surface area contributed by atoms with Gasteiger partial charge in [-0.25, -0.2) is 4.98 Å². The molecular formula is C19H26N4OS2. The van der Waals surface area contributed by atoms with Crippen molar-refractivity contribution in [1.82, 2.24) is 14.8 Å². The summed E-state index contributed by atoms with van der Waals surface area (Å²) in [6, 6.07) is 1.91. The van der Waals surface area contributed by atoms with Gasteiger partial charge in [-0.2, -0.15) is 11.3 Å². The molecule has 0 saturated carbocycles. The Hall–Kier alpha value is -1.44. The molecule has 0 radical (unpaired) electrons. The molecule has 2 aliphatic rings. The molecule has 4 heterocycles. The maximum Gasteiger partial charge on any atom is 0.254 e. The van der Waals surface area contributed by atoms with E-state index in [1.807, 2.05) is 21.7 Å². The number of anilines is 1. The fraction of sp³-hybridized carbons (Fsp3) is 0.579. The third kappa shape index (κ3) is 4.10. The Morgan fingerprint density at radius 2 is 1.92 bits per heavy atom. The molecule has 0 N–H and O–H groups in total. The number of carbonyl (C=O) groups excluding carboxylic acids is 1. The quantitative estimate of drug-likeness (QED) is 0.802. The lowest BCUT2D eigenvalue weighted by Crippen LogP contribution is -2.48. The Balaban J connectivity index is 1.29. The summed E-state index contributed by atoms with van der Waals surface area (Å²) in [5.41, 5.74) is 2.01. The van der Waals surface area contributed by atoms with Crippen molar-refractivity contribution in [1.29, 1.82) is 0 Å². The summed E-state index contributed by atoms with van der Waals surface area (Å²) < 4.78 is 0. The normalized spacial score (nSPS) is 19.9. The predicted molar refractivity (Wildman–Crippen MR) is 108 cm³/mol. The van der Waals surface area contributed by atoms with Gasteiger partial charge in [0.25, 0.3) is 5.91 Å². The summed E-state index contributed by atoms with van der Waals surface area (Å²) in [7, 11) is 0. The van der Waals surface area contributed by atoms with Gasteiger partial charge >= 0.3 is 0 Å². The molecular weight excluding hydrogens is 364 g/mol. The Labute approximate surface area is 163 Å². The van der Waals surface area contributed by atoms with E-state index in [1.54, 1.807) is 22.7 Å². The molecule has 26 heavy (non-hydrogen) atoms. The standard InChI is InChI=1S/C19H26N4OS2/c1-15-2-5-21(6-3-15)12-17-14-26-19(20-17)23-9-7-22(8-10-23)18(24)16-4-11-25-13-16/h4,11,13-15H,2-3,5-10,12H2,1H3. The second-order valence-electron chi connectivity index (χ2n) is 7.37. The van der Waals surface area contributed by atoms with Gasteiger partial charge in [0.05, 0.1) is 11.3 Å². The highest BCUT2D eigenvalue weighted by molar-refractivity contribution is 7.13. The van der Waals surface area contributed by atoms with E-state index < -0.39 is 0 Å². The van der Waals surface area contributed by atoms with Crippen LogP contribution in [-0.2, 0) is 6.54 Å². The fourth-order valence-electron chi connectivity index (χ4n) is 3.63. The van der Waals surface area contributed by atoms with Gasteiger partial charge in [0.15, 0.2) is 5.13 Å². The molecule has 4 rings (SSSR count). The van der Waals surface area contributed by atoms with Crippen molar-refractivity contribution in [2.75, 3.05) is 44.2 Å². The van der Waals surface area contributed by atoms with Gasteiger partial charge in [-0.3, -0.25) is 9.69 Å². The third-order valence-electron chi connectivity index (χ3n) is 5.41. The number of thiazole rings is 1. The average Bonchev–Trinajstić information content (AvgIpc) is 3.35. The Morgan fingerprint density at radius 3 is 2.62 bits per heavy atom. The lowest BCUT2D eigenvalue weighted by molar-refractivity contribution is 0.0747. The third-order valence-corrected chi connectivity index (χ3v) is 7.04. The number of nitrogens with zero attached hydrogens (tertiary/aromatic N) is 4. The largest absolute Gasteiger partial charge is 0.345 e. The highest BCUT2D eigenvalue weighted by Crippen LogP contribution is 2.25. The van der Waals surface area contributed by atoms with E-state index in [4.69, 9.17) is 4.98 Å². The van der Waals surface area contributed by atoms with Gasteiger partial charge in [-0.05, 0) is 43.3 Å². The Morgan fingerprint density at radius 1 is 1.15 bits per heavy atom. The first-order valence-electron chi connectivity index (χ1n) is 9.42. The summed E-state index contributed by atoms with van der Waals surface area (Å²) in [6.07, 6.45) is 2.61. The van der Waals surface area contributed by atoms with E-state index >= 15 is 0 Å². The van der Waals surface area contributed by atoms with Crippen LogP contribution in [0.1, 0.15) is 35.8 Å². The number of piperidine rings is 1. The molecule has 7 heteroatoms. The van der Waals surface area contributed by atoms with Crippen LogP contribution < -0.4 is 4.90 Å². The molecule has 0 aromatic carbocycles. The number of aromatic nitrogens is 1. The summed E-state index contributed by atoms with van der Waals surface area (Å²) >= 11 is 3.32. The van der Waals surface area contributed by atoms with Gasteiger partial charge in [0.2, 0.25) is 0 Å². The smallest absolute Gasteiger partial charge is 0.254 e. The lowest BCUT2D eigenvalue weighted by atomic mass is 9.99. The van der Waals surface area contributed by atoms with Gasteiger partial charge < -0.3 is 9.80 Å².